The van der Waals surface area contributed by atoms with Crippen LogP contribution < -0.4 is 10.2 Å². The maximum absolute atomic E-state index is 13.1. The molecule has 0 bridgehead atoms. The van der Waals surface area contributed by atoms with Crippen LogP contribution in [0.1, 0.15) is 5.56 Å². The number of anilines is 1. The Labute approximate surface area is 168 Å². The highest BCUT2D eigenvalue weighted by Gasteiger charge is 2.21. The molecule has 0 atom stereocenters. The van der Waals surface area contributed by atoms with Gasteiger partial charge in [0.05, 0.1) is 6.54 Å². The van der Waals surface area contributed by atoms with Gasteiger partial charge in [0.15, 0.2) is 0 Å². The number of nitrogens with zero attached hydrogens (tertiary/aromatic N) is 2. The molecule has 0 aromatic heterocycles. The van der Waals surface area contributed by atoms with Gasteiger partial charge in [-0.1, -0.05) is 23.7 Å². The molecule has 7 heteroatoms. The van der Waals surface area contributed by atoms with Crippen molar-refractivity contribution < 1.29 is 14.0 Å². The number of amides is 2. The standard InChI is InChI=1S/C21H21ClFN3O2/c22-17-5-7-19(8-6-17)25-10-12-26(13-11-25)21(28)15-24-20(27)9-4-16-2-1-3-18(23)14-16/h1-9,14H,10-13,15H2,(H,24,27)/b9-4+. The summed E-state index contributed by atoms with van der Waals surface area (Å²) in [5.74, 6) is -0.879. The highest BCUT2D eigenvalue weighted by atomic mass is 35.5. The van der Waals surface area contributed by atoms with Crippen LogP contribution in [0.25, 0.3) is 6.08 Å². The summed E-state index contributed by atoms with van der Waals surface area (Å²) < 4.78 is 13.1. The quantitative estimate of drug-likeness (QED) is 0.784. The van der Waals surface area contributed by atoms with E-state index in [-0.39, 0.29) is 18.3 Å². The number of carbonyl (C=O) groups is 2. The summed E-state index contributed by atoms with van der Waals surface area (Å²) in [7, 11) is 0. The topological polar surface area (TPSA) is 52.7 Å². The van der Waals surface area contributed by atoms with Crippen molar-refractivity contribution in [3.8, 4) is 0 Å². The van der Waals surface area contributed by atoms with Crippen molar-refractivity contribution in [3.63, 3.8) is 0 Å². The molecule has 0 unspecified atom stereocenters. The van der Waals surface area contributed by atoms with Gasteiger partial charge in [0, 0.05) is 43.0 Å². The van der Waals surface area contributed by atoms with Crippen molar-refractivity contribution in [1.29, 1.82) is 0 Å². The third kappa shape index (κ3) is 5.57. The molecule has 2 aromatic rings. The van der Waals surface area contributed by atoms with Gasteiger partial charge in [0.2, 0.25) is 11.8 Å². The molecular formula is C21H21ClFN3O2. The molecule has 5 nitrogen and oxygen atoms in total. The molecule has 0 aliphatic carbocycles. The Hall–Kier alpha value is -2.86. The molecule has 3 rings (SSSR count). The van der Waals surface area contributed by atoms with Crippen molar-refractivity contribution in [2.45, 2.75) is 0 Å². The maximum atomic E-state index is 13.1. The fourth-order valence-electron chi connectivity index (χ4n) is 2.98. The number of nitrogens with one attached hydrogen (secondary N) is 1. The molecule has 2 aromatic carbocycles. The predicted molar refractivity (Wildman–Crippen MR) is 109 cm³/mol. The second kappa shape index (κ2) is 9.37. The average molecular weight is 402 g/mol. The fourth-order valence-corrected chi connectivity index (χ4v) is 3.11. The van der Waals surface area contributed by atoms with E-state index in [1.54, 1.807) is 17.0 Å². The van der Waals surface area contributed by atoms with Crippen LogP contribution in [0.4, 0.5) is 10.1 Å². The van der Waals surface area contributed by atoms with Crippen LogP contribution in [0, 0.1) is 5.82 Å². The largest absolute Gasteiger partial charge is 0.368 e. The summed E-state index contributed by atoms with van der Waals surface area (Å²) >= 11 is 5.91. The molecular weight excluding hydrogens is 381 g/mol. The normalized spacial score (nSPS) is 14.4. The lowest BCUT2D eigenvalue weighted by atomic mass is 10.2. The van der Waals surface area contributed by atoms with Crippen LogP contribution in [-0.2, 0) is 9.59 Å². The molecule has 2 amide bonds. The first-order valence-corrected chi connectivity index (χ1v) is 9.39. The Morgan fingerprint density at radius 3 is 2.46 bits per heavy atom. The van der Waals surface area contributed by atoms with E-state index >= 15 is 0 Å². The molecule has 1 aliphatic heterocycles. The maximum Gasteiger partial charge on any atom is 0.244 e. The van der Waals surface area contributed by atoms with Crippen LogP contribution >= 0.6 is 11.6 Å². The number of piperazine rings is 1. The molecule has 1 N–H and O–H groups in total. The number of carbonyl (C=O) groups excluding carboxylic acids is 2. The molecule has 28 heavy (non-hydrogen) atoms. The van der Waals surface area contributed by atoms with E-state index in [1.165, 1.54) is 24.3 Å². The second-order valence-electron chi connectivity index (χ2n) is 6.45. The Morgan fingerprint density at radius 2 is 1.79 bits per heavy atom. The van der Waals surface area contributed by atoms with Crippen LogP contribution in [0.3, 0.4) is 0 Å². The SMILES string of the molecule is O=C(/C=C/c1cccc(F)c1)NCC(=O)N1CCN(c2ccc(Cl)cc2)CC1. The summed E-state index contributed by atoms with van der Waals surface area (Å²) in [6.45, 7) is 2.57. The van der Waals surface area contributed by atoms with Gasteiger partial charge in [0.25, 0.3) is 0 Å². The van der Waals surface area contributed by atoms with Crippen LogP contribution in [0.5, 0.6) is 0 Å². The minimum absolute atomic E-state index is 0.0622. The van der Waals surface area contributed by atoms with Crippen LogP contribution in [-0.4, -0.2) is 49.4 Å². The van der Waals surface area contributed by atoms with E-state index in [0.29, 0.717) is 23.7 Å². The molecule has 1 aliphatic rings. The number of hydrogen-bond donors (Lipinski definition) is 1. The highest BCUT2D eigenvalue weighted by Crippen LogP contribution is 2.19. The summed E-state index contributed by atoms with van der Waals surface area (Å²) in [6, 6.07) is 13.6. The summed E-state index contributed by atoms with van der Waals surface area (Å²) in [5, 5.41) is 3.27. The van der Waals surface area contributed by atoms with Gasteiger partial charge in [-0.15, -0.1) is 0 Å². The van der Waals surface area contributed by atoms with Crippen molar-refractivity contribution in [2.24, 2.45) is 0 Å². The highest BCUT2D eigenvalue weighted by molar-refractivity contribution is 6.30. The van der Waals surface area contributed by atoms with Gasteiger partial charge in [-0.2, -0.15) is 0 Å². The molecule has 0 radical (unpaired) electrons. The van der Waals surface area contributed by atoms with Gasteiger partial charge in [-0.3, -0.25) is 9.59 Å². The summed E-state index contributed by atoms with van der Waals surface area (Å²) in [5.41, 5.74) is 1.66. The monoisotopic (exact) mass is 401 g/mol. The van der Waals surface area contributed by atoms with Gasteiger partial charge in [0.1, 0.15) is 5.82 Å². The summed E-state index contributed by atoms with van der Waals surface area (Å²) in [6.07, 6.45) is 2.80. The zero-order valence-electron chi connectivity index (χ0n) is 15.3. The molecule has 1 saturated heterocycles. The third-order valence-electron chi connectivity index (χ3n) is 4.51. The summed E-state index contributed by atoms with van der Waals surface area (Å²) in [4.78, 5) is 28.1. The smallest absolute Gasteiger partial charge is 0.244 e. The number of hydrogen-bond acceptors (Lipinski definition) is 3. The molecule has 1 heterocycles. The fraction of sp³-hybridized carbons (Fsp3) is 0.238. The van der Waals surface area contributed by atoms with Crippen LogP contribution in [0.15, 0.2) is 54.6 Å². The molecule has 0 saturated carbocycles. The molecule has 146 valence electrons. The minimum Gasteiger partial charge on any atom is -0.368 e. The lowest BCUT2D eigenvalue weighted by molar-refractivity contribution is -0.132. The van der Waals surface area contributed by atoms with Gasteiger partial charge < -0.3 is 15.1 Å². The zero-order valence-corrected chi connectivity index (χ0v) is 16.0. The van der Waals surface area contributed by atoms with Crippen molar-refractivity contribution in [2.75, 3.05) is 37.6 Å². The van der Waals surface area contributed by atoms with E-state index in [9.17, 15) is 14.0 Å². The van der Waals surface area contributed by atoms with Gasteiger partial charge in [-0.05, 0) is 48.0 Å². The zero-order chi connectivity index (χ0) is 19.9. The van der Waals surface area contributed by atoms with E-state index in [1.807, 2.05) is 24.3 Å². The van der Waals surface area contributed by atoms with Crippen molar-refractivity contribution >= 4 is 35.2 Å². The third-order valence-corrected chi connectivity index (χ3v) is 4.77. The van der Waals surface area contributed by atoms with E-state index in [4.69, 9.17) is 11.6 Å². The van der Waals surface area contributed by atoms with Crippen molar-refractivity contribution in [1.82, 2.24) is 10.2 Å². The first-order chi connectivity index (χ1) is 13.5. The number of rotatable bonds is 5. The first-order valence-electron chi connectivity index (χ1n) is 9.01. The Bertz CT molecular complexity index is 862. The predicted octanol–water partition coefficient (Wildman–Crippen LogP) is 2.96. The van der Waals surface area contributed by atoms with Crippen molar-refractivity contribution in [3.05, 3.63) is 71.0 Å². The second-order valence-corrected chi connectivity index (χ2v) is 6.89. The van der Waals surface area contributed by atoms with Crippen LogP contribution in [0.2, 0.25) is 5.02 Å². The lowest BCUT2D eigenvalue weighted by Crippen LogP contribution is -2.51. The first kappa shape index (κ1) is 19.9. The lowest BCUT2D eigenvalue weighted by Gasteiger charge is -2.36. The van der Waals surface area contributed by atoms with Gasteiger partial charge >= 0.3 is 0 Å². The number of benzene rings is 2. The van der Waals surface area contributed by atoms with E-state index in [0.717, 1.165) is 18.8 Å². The Kier molecular flexibility index (Phi) is 6.66. The Morgan fingerprint density at radius 1 is 1.07 bits per heavy atom. The molecule has 0 spiro atoms. The van der Waals surface area contributed by atoms with Gasteiger partial charge in [-0.25, -0.2) is 4.39 Å². The number of halogens is 2. The van der Waals surface area contributed by atoms with E-state index in [2.05, 4.69) is 10.2 Å². The minimum atomic E-state index is -0.391. The van der Waals surface area contributed by atoms with E-state index < -0.39 is 5.91 Å². The Balaban J connectivity index is 1.43. The molecule has 1 fully saturated rings. The average Bonchev–Trinajstić information content (AvgIpc) is 2.71.